The molecule has 0 saturated carbocycles. The van der Waals surface area contributed by atoms with E-state index in [9.17, 15) is 9.59 Å². The number of hydrogen-bond donors (Lipinski definition) is 1. The Labute approximate surface area is 187 Å². The monoisotopic (exact) mass is 435 g/mol. The first kappa shape index (κ1) is 24.7. The number of halogens is 1. The summed E-state index contributed by atoms with van der Waals surface area (Å²) in [5.74, 6) is 1.15. The van der Waals surface area contributed by atoms with Gasteiger partial charge in [-0.2, -0.15) is 0 Å². The fourth-order valence-electron chi connectivity index (χ4n) is 4.31. The molecule has 2 rings (SSSR count). The molecule has 1 aromatic rings. The lowest BCUT2D eigenvalue weighted by Gasteiger charge is -2.41. The molecular formula is C24H38ClN3O2. The summed E-state index contributed by atoms with van der Waals surface area (Å²) >= 11 is 5.97. The second kappa shape index (κ2) is 11.7. The van der Waals surface area contributed by atoms with Gasteiger partial charge in [-0.3, -0.25) is 14.5 Å². The van der Waals surface area contributed by atoms with Gasteiger partial charge in [-0.1, -0.05) is 51.4 Å². The van der Waals surface area contributed by atoms with Crippen LogP contribution in [0.2, 0.25) is 5.02 Å². The topological polar surface area (TPSA) is 52.7 Å². The van der Waals surface area contributed by atoms with Crippen LogP contribution < -0.4 is 5.32 Å². The predicted octanol–water partition coefficient (Wildman–Crippen LogP) is 3.99. The zero-order valence-corrected chi connectivity index (χ0v) is 19.9. The first-order valence-corrected chi connectivity index (χ1v) is 11.6. The number of nitrogens with zero attached hydrogens (tertiary/aromatic N) is 2. The van der Waals surface area contributed by atoms with Crippen molar-refractivity contribution in [3.8, 4) is 0 Å². The average molecular weight is 436 g/mol. The van der Waals surface area contributed by atoms with E-state index in [0.717, 1.165) is 18.7 Å². The number of amides is 2. The van der Waals surface area contributed by atoms with Crippen LogP contribution in [0.1, 0.15) is 53.0 Å². The largest absolute Gasteiger partial charge is 0.344 e. The van der Waals surface area contributed by atoms with Crippen molar-refractivity contribution in [2.75, 3.05) is 26.2 Å². The fourth-order valence-corrected chi connectivity index (χ4v) is 4.44. The molecule has 168 valence electrons. The number of rotatable bonds is 9. The molecule has 0 bridgehead atoms. The molecule has 1 aliphatic heterocycles. The van der Waals surface area contributed by atoms with Crippen molar-refractivity contribution < 1.29 is 9.59 Å². The highest BCUT2D eigenvalue weighted by Crippen LogP contribution is 2.21. The maximum absolute atomic E-state index is 13.2. The molecule has 0 aromatic heterocycles. The number of nitrogens with one attached hydrogen (secondary N) is 1. The molecule has 6 heteroatoms. The number of carbonyl (C=O) groups excluding carboxylic acids is 2. The molecule has 1 unspecified atom stereocenters. The van der Waals surface area contributed by atoms with Gasteiger partial charge in [0.1, 0.15) is 6.04 Å². The van der Waals surface area contributed by atoms with Crippen LogP contribution in [-0.4, -0.2) is 59.9 Å². The lowest BCUT2D eigenvalue weighted by Crippen LogP contribution is -2.57. The van der Waals surface area contributed by atoms with Crippen molar-refractivity contribution in [2.45, 2.75) is 66.0 Å². The van der Waals surface area contributed by atoms with Gasteiger partial charge in [-0.25, -0.2) is 0 Å². The fraction of sp³-hybridized carbons (Fsp3) is 0.667. The SMILES string of the molecule is CC(=O)NC(Cc1ccc(Cl)cc1)C(=O)N1CCN(C(CC(C)C)CC(C)C)CC1. The standard InChI is InChI=1S/C24H38ClN3O2/c1-17(2)14-22(15-18(3)4)27-10-12-28(13-11-27)24(30)23(26-19(5)29)16-20-6-8-21(25)9-7-20/h6-9,17-18,22-23H,10-16H2,1-5H3,(H,26,29). The van der Waals surface area contributed by atoms with E-state index >= 15 is 0 Å². The molecule has 0 spiro atoms. The first-order chi connectivity index (χ1) is 14.2. The van der Waals surface area contributed by atoms with Gasteiger partial charge in [0.05, 0.1) is 0 Å². The molecule has 0 aliphatic carbocycles. The number of hydrogen-bond acceptors (Lipinski definition) is 3. The summed E-state index contributed by atoms with van der Waals surface area (Å²) in [6.07, 6.45) is 2.85. The quantitative estimate of drug-likeness (QED) is 0.638. The minimum absolute atomic E-state index is 0.00377. The van der Waals surface area contributed by atoms with Gasteiger partial charge in [0, 0.05) is 50.6 Å². The van der Waals surface area contributed by atoms with E-state index in [0.29, 0.717) is 42.4 Å². The Bertz CT molecular complexity index is 672. The zero-order chi connectivity index (χ0) is 22.3. The van der Waals surface area contributed by atoms with E-state index < -0.39 is 6.04 Å². The zero-order valence-electron chi connectivity index (χ0n) is 19.2. The van der Waals surface area contributed by atoms with E-state index in [1.807, 2.05) is 29.2 Å². The van der Waals surface area contributed by atoms with E-state index in [2.05, 4.69) is 37.9 Å². The summed E-state index contributed by atoms with van der Waals surface area (Å²) in [7, 11) is 0. The molecule has 30 heavy (non-hydrogen) atoms. The van der Waals surface area contributed by atoms with E-state index in [1.165, 1.54) is 19.8 Å². The van der Waals surface area contributed by atoms with Gasteiger partial charge in [0.2, 0.25) is 11.8 Å². The maximum atomic E-state index is 13.2. The van der Waals surface area contributed by atoms with Gasteiger partial charge in [0.15, 0.2) is 0 Å². The molecule has 5 nitrogen and oxygen atoms in total. The normalized spacial score (nSPS) is 16.4. The Balaban J connectivity index is 2.00. The summed E-state index contributed by atoms with van der Waals surface area (Å²) in [6, 6.07) is 7.47. The summed E-state index contributed by atoms with van der Waals surface area (Å²) < 4.78 is 0. The molecule has 1 saturated heterocycles. The molecule has 1 heterocycles. The molecule has 1 atom stereocenters. The Morgan fingerprint density at radius 1 is 0.967 bits per heavy atom. The number of carbonyl (C=O) groups is 2. The minimum atomic E-state index is -0.544. The molecule has 1 N–H and O–H groups in total. The van der Waals surface area contributed by atoms with Crippen molar-refractivity contribution in [2.24, 2.45) is 11.8 Å². The molecule has 1 aliphatic rings. The molecule has 1 aromatic carbocycles. The highest BCUT2D eigenvalue weighted by molar-refractivity contribution is 6.30. The van der Waals surface area contributed by atoms with Crippen molar-refractivity contribution in [3.63, 3.8) is 0 Å². The van der Waals surface area contributed by atoms with E-state index in [4.69, 9.17) is 11.6 Å². The minimum Gasteiger partial charge on any atom is -0.344 e. The maximum Gasteiger partial charge on any atom is 0.245 e. The van der Waals surface area contributed by atoms with Gasteiger partial charge in [0.25, 0.3) is 0 Å². The summed E-state index contributed by atoms with van der Waals surface area (Å²) in [5.41, 5.74) is 0.985. The third kappa shape index (κ3) is 7.92. The van der Waals surface area contributed by atoms with Crippen LogP contribution in [0.15, 0.2) is 24.3 Å². The Hall–Kier alpha value is -1.59. The first-order valence-electron chi connectivity index (χ1n) is 11.2. The van der Waals surface area contributed by atoms with Crippen molar-refractivity contribution in [1.82, 2.24) is 15.1 Å². The average Bonchev–Trinajstić information content (AvgIpc) is 2.67. The summed E-state index contributed by atoms with van der Waals surface area (Å²) in [5, 5.41) is 3.51. The van der Waals surface area contributed by atoms with Crippen LogP contribution in [0, 0.1) is 11.8 Å². The smallest absolute Gasteiger partial charge is 0.245 e. The van der Waals surface area contributed by atoms with Gasteiger partial charge >= 0.3 is 0 Å². The van der Waals surface area contributed by atoms with Crippen molar-refractivity contribution >= 4 is 23.4 Å². The number of piperazine rings is 1. The Morgan fingerprint density at radius 3 is 1.97 bits per heavy atom. The highest BCUT2D eigenvalue weighted by Gasteiger charge is 2.30. The second-order valence-corrected chi connectivity index (χ2v) is 9.79. The highest BCUT2D eigenvalue weighted by atomic mass is 35.5. The van der Waals surface area contributed by atoms with E-state index in [-0.39, 0.29) is 11.8 Å². The predicted molar refractivity (Wildman–Crippen MR) is 124 cm³/mol. The van der Waals surface area contributed by atoms with E-state index in [1.54, 1.807) is 0 Å². The third-order valence-corrected chi connectivity index (χ3v) is 5.91. The lowest BCUT2D eigenvalue weighted by molar-refractivity contribution is -0.138. The summed E-state index contributed by atoms with van der Waals surface area (Å²) in [4.78, 5) is 29.4. The third-order valence-electron chi connectivity index (χ3n) is 5.66. The molecule has 2 amide bonds. The Morgan fingerprint density at radius 2 is 1.50 bits per heavy atom. The molecule has 0 radical (unpaired) electrons. The molecular weight excluding hydrogens is 398 g/mol. The Kier molecular flexibility index (Phi) is 9.63. The van der Waals surface area contributed by atoms with Crippen LogP contribution in [-0.2, 0) is 16.0 Å². The summed E-state index contributed by atoms with van der Waals surface area (Å²) in [6.45, 7) is 13.8. The molecule has 1 fully saturated rings. The number of benzene rings is 1. The van der Waals surface area contributed by atoms with Crippen molar-refractivity contribution in [3.05, 3.63) is 34.9 Å². The van der Waals surface area contributed by atoms with Crippen molar-refractivity contribution in [1.29, 1.82) is 0 Å². The van der Waals surface area contributed by atoms with Crippen LogP contribution in [0.5, 0.6) is 0 Å². The van der Waals surface area contributed by atoms with Gasteiger partial charge < -0.3 is 10.2 Å². The van der Waals surface area contributed by atoms with Crippen LogP contribution >= 0.6 is 11.6 Å². The second-order valence-electron chi connectivity index (χ2n) is 9.36. The van der Waals surface area contributed by atoms with Gasteiger partial charge in [-0.05, 0) is 42.4 Å². The van der Waals surface area contributed by atoms with Crippen LogP contribution in [0.25, 0.3) is 0 Å². The van der Waals surface area contributed by atoms with Crippen LogP contribution in [0.4, 0.5) is 0 Å². The van der Waals surface area contributed by atoms with Gasteiger partial charge in [-0.15, -0.1) is 0 Å². The van der Waals surface area contributed by atoms with Crippen LogP contribution in [0.3, 0.4) is 0 Å². The lowest BCUT2D eigenvalue weighted by atomic mass is 9.94.